The van der Waals surface area contributed by atoms with Crippen LogP contribution in [0.25, 0.3) is 0 Å². The highest BCUT2D eigenvalue weighted by molar-refractivity contribution is 5.58. The van der Waals surface area contributed by atoms with E-state index in [1.807, 2.05) is 32.0 Å². The Morgan fingerprint density at radius 1 is 1.04 bits per heavy atom. The molecular weight excluding hydrogens is 314 g/mol. The summed E-state index contributed by atoms with van der Waals surface area (Å²) in [6, 6.07) is 18.1. The number of H-pyrrole nitrogens is 1. The van der Waals surface area contributed by atoms with Gasteiger partial charge in [-0.1, -0.05) is 18.2 Å². The van der Waals surface area contributed by atoms with Crippen molar-refractivity contribution in [2.45, 2.75) is 13.8 Å². The van der Waals surface area contributed by atoms with Gasteiger partial charge in [0.2, 0.25) is 0 Å². The highest BCUT2D eigenvalue weighted by atomic mass is 16.5. The summed E-state index contributed by atoms with van der Waals surface area (Å²) in [5.41, 5.74) is 3.08. The number of nitrogens with zero attached hydrogens (tertiary/aromatic N) is 1. The van der Waals surface area contributed by atoms with Gasteiger partial charge in [-0.15, -0.1) is 0 Å². The van der Waals surface area contributed by atoms with Gasteiger partial charge in [0.1, 0.15) is 17.3 Å². The molecule has 124 valence electrons. The summed E-state index contributed by atoms with van der Waals surface area (Å²) < 4.78 is 5.93. The lowest BCUT2D eigenvalue weighted by Gasteiger charge is -2.13. The summed E-state index contributed by atoms with van der Waals surface area (Å²) >= 11 is 0. The minimum absolute atomic E-state index is 0.264. The Bertz CT molecular complexity index is 978. The number of ether oxygens (including phenoxy) is 1. The second-order valence-corrected chi connectivity index (χ2v) is 5.73. The van der Waals surface area contributed by atoms with E-state index in [9.17, 15) is 4.79 Å². The molecule has 0 bridgehead atoms. The molecule has 0 radical (unpaired) electrons. The van der Waals surface area contributed by atoms with Crippen molar-refractivity contribution in [3.63, 3.8) is 0 Å². The minimum atomic E-state index is -0.264. The van der Waals surface area contributed by atoms with E-state index in [4.69, 9.17) is 10.00 Å². The maximum atomic E-state index is 11.9. The van der Waals surface area contributed by atoms with Crippen LogP contribution in [0.1, 0.15) is 16.7 Å². The van der Waals surface area contributed by atoms with Crippen molar-refractivity contribution in [3.05, 3.63) is 81.6 Å². The number of aromatic amines is 1. The molecule has 0 spiro atoms. The molecule has 0 aliphatic carbocycles. The van der Waals surface area contributed by atoms with Crippen LogP contribution in [-0.2, 0) is 0 Å². The molecule has 5 nitrogen and oxygen atoms in total. The van der Waals surface area contributed by atoms with Crippen LogP contribution in [0.15, 0.2) is 59.4 Å². The number of anilines is 2. The van der Waals surface area contributed by atoms with Crippen LogP contribution in [0.5, 0.6) is 11.5 Å². The maximum Gasteiger partial charge on any atom is 0.253 e. The maximum absolute atomic E-state index is 11.9. The number of nitriles is 1. The minimum Gasteiger partial charge on any atom is -0.456 e. The van der Waals surface area contributed by atoms with Crippen molar-refractivity contribution in [1.82, 2.24) is 4.98 Å². The lowest BCUT2D eigenvalue weighted by Crippen LogP contribution is -2.08. The SMILES string of the molecule is Cc1cccc(C)c1Oc1cc(Nc2ccc(C#N)cc2)[nH]c(=O)c1. The van der Waals surface area contributed by atoms with Crippen LogP contribution in [0.3, 0.4) is 0 Å². The number of pyridine rings is 1. The van der Waals surface area contributed by atoms with Crippen molar-refractivity contribution < 1.29 is 4.74 Å². The number of aromatic nitrogens is 1. The van der Waals surface area contributed by atoms with Gasteiger partial charge in [-0.3, -0.25) is 4.79 Å². The molecule has 3 aromatic rings. The zero-order valence-corrected chi connectivity index (χ0v) is 14.0. The fourth-order valence-electron chi connectivity index (χ4n) is 2.51. The molecule has 2 aromatic carbocycles. The van der Waals surface area contributed by atoms with Gasteiger partial charge < -0.3 is 15.0 Å². The van der Waals surface area contributed by atoms with E-state index < -0.39 is 0 Å². The zero-order chi connectivity index (χ0) is 17.8. The Hall–Kier alpha value is -3.52. The van der Waals surface area contributed by atoms with Crippen LogP contribution in [0.2, 0.25) is 0 Å². The van der Waals surface area contributed by atoms with E-state index in [-0.39, 0.29) is 5.56 Å². The molecule has 1 heterocycles. The molecule has 0 atom stereocenters. The monoisotopic (exact) mass is 331 g/mol. The first-order valence-electron chi connectivity index (χ1n) is 7.81. The van der Waals surface area contributed by atoms with Crippen LogP contribution in [0, 0.1) is 25.2 Å². The average Bonchev–Trinajstić information content (AvgIpc) is 2.58. The van der Waals surface area contributed by atoms with E-state index in [2.05, 4.69) is 16.4 Å². The number of aryl methyl sites for hydroxylation is 2. The normalized spacial score (nSPS) is 10.1. The molecule has 0 aliphatic rings. The molecule has 0 saturated carbocycles. The van der Waals surface area contributed by atoms with Crippen molar-refractivity contribution in [2.24, 2.45) is 0 Å². The third-order valence-electron chi connectivity index (χ3n) is 3.74. The molecule has 0 fully saturated rings. The second kappa shape index (κ2) is 6.93. The number of hydrogen-bond acceptors (Lipinski definition) is 4. The number of nitrogens with one attached hydrogen (secondary N) is 2. The number of rotatable bonds is 4. The fraction of sp³-hybridized carbons (Fsp3) is 0.100. The second-order valence-electron chi connectivity index (χ2n) is 5.73. The zero-order valence-electron chi connectivity index (χ0n) is 14.0. The Morgan fingerprint density at radius 2 is 1.72 bits per heavy atom. The van der Waals surface area contributed by atoms with Gasteiger partial charge in [0.05, 0.1) is 11.6 Å². The number of para-hydroxylation sites is 1. The van der Waals surface area contributed by atoms with E-state index in [0.29, 0.717) is 17.1 Å². The van der Waals surface area contributed by atoms with E-state index >= 15 is 0 Å². The molecule has 0 unspecified atom stereocenters. The molecule has 25 heavy (non-hydrogen) atoms. The standard InChI is InChI=1S/C20H17N3O2/c1-13-4-3-5-14(2)20(13)25-17-10-18(23-19(24)11-17)22-16-8-6-15(12-21)7-9-16/h3-11H,1-2H3,(H2,22,23,24). The molecular formula is C20H17N3O2. The molecule has 0 amide bonds. The summed E-state index contributed by atoms with van der Waals surface area (Å²) in [5.74, 6) is 1.72. The highest BCUT2D eigenvalue weighted by Crippen LogP contribution is 2.29. The molecule has 0 aliphatic heterocycles. The highest BCUT2D eigenvalue weighted by Gasteiger charge is 2.07. The first-order chi connectivity index (χ1) is 12.0. The Balaban J connectivity index is 1.87. The van der Waals surface area contributed by atoms with Gasteiger partial charge >= 0.3 is 0 Å². The third kappa shape index (κ3) is 3.88. The van der Waals surface area contributed by atoms with Gasteiger partial charge in [-0.2, -0.15) is 5.26 Å². The lowest BCUT2D eigenvalue weighted by atomic mass is 10.1. The van der Waals surface area contributed by atoms with E-state index in [1.54, 1.807) is 30.3 Å². The van der Waals surface area contributed by atoms with Gasteiger partial charge in [-0.25, -0.2) is 0 Å². The van der Waals surface area contributed by atoms with Crippen LogP contribution >= 0.6 is 0 Å². The summed E-state index contributed by atoms with van der Waals surface area (Å²) in [4.78, 5) is 14.7. The summed E-state index contributed by atoms with van der Waals surface area (Å²) in [6.45, 7) is 3.93. The Morgan fingerprint density at radius 3 is 2.36 bits per heavy atom. The molecule has 3 rings (SSSR count). The third-order valence-corrected chi connectivity index (χ3v) is 3.74. The fourth-order valence-corrected chi connectivity index (χ4v) is 2.51. The van der Waals surface area contributed by atoms with Crippen LogP contribution in [-0.4, -0.2) is 4.98 Å². The largest absolute Gasteiger partial charge is 0.456 e. The number of benzene rings is 2. The quantitative estimate of drug-likeness (QED) is 0.743. The lowest BCUT2D eigenvalue weighted by molar-refractivity contribution is 0.474. The topological polar surface area (TPSA) is 77.9 Å². The predicted octanol–water partition coefficient (Wildman–Crippen LogP) is 4.40. The van der Waals surface area contributed by atoms with Crippen LogP contribution in [0.4, 0.5) is 11.5 Å². The molecule has 1 aromatic heterocycles. The van der Waals surface area contributed by atoms with Crippen molar-refractivity contribution >= 4 is 11.5 Å². The predicted molar refractivity (Wildman–Crippen MR) is 97.5 cm³/mol. The molecule has 2 N–H and O–H groups in total. The van der Waals surface area contributed by atoms with E-state index in [1.165, 1.54) is 6.07 Å². The van der Waals surface area contributed by atoms with Crippen molar-refractivity contribution in [1.29, 1.82) is 5.26 Å². The Labute approximate surface area is 145 Å². The Kier molecular flexibility index (Phi) is 4.53. The smallest absolute Gasteiger partial charge is 0.253 e. The first-order valence-corrected chi connectivity index (χ1v) is 7.81. The first kappa shape index (κ1) is 16.3. The molecule has 0 saturated heterocycles. The summed E-state index contributed by atoms with van der Waals surface area (Å²) in [5, 5.41) is 11.9. The van der Waals surface area contributed by atoms with Gasteiger partial charge in [-0.05, 0) is 49.2 Å². The number of hydrogen-bond donors (Lipinski definition) is 2. The summed E-state index contributed by atoms with van der Waals surface area (Å²) in [6.07, 6.45) is 0. The van der Waals surface area contributed by atoms with Crippen molar-refractivity contribution in [3.8, 4) is 17.6 Å². The molecule has 5 heteroatoms. The van der Waals surface area contributed by atoms with Gasteiger partial charge in [0.15, 0.2) is 0 Å². The van der Waals surface area contributed by atoms with Crippen LogP contribution < -0.4 is 15.6 Å². The average molecular weight is 331 g/mol. The van der Waals surface area contributed by atoms with Gasteiger partial charge in [0.25, 0.3) is 5.56 Å². The van der Waals surface area contributed by atoms with Gasteiger partial charge in [0, 0.05) is 17.8 Å². The van der Waals surface area contributed by atoms with E-state index in [0.717, 1.165) is 22.6 Å². The van der Waals surface area contributed by atoms with Crippen molar-refractivity contribution in [2.75, 3.05) is 5.32 Å². The summed E-state index contributed by atoms with van der Waals surface area (Å²) in [7, 11) is 0.